The molecule has 0 aromatic rings. The molecular formula is C27H44O2. The van der Waals surface area contributed by atoms with Crippen LogP contribution in [0.2, 0.25) is 0 Å². The van der Waals surface area contributed by atoms with Crippen molar-refractivity contribution in [2.45, 2.75) is 117 Å². The van der Waals surface area contributed by atoms with Gasteiger partial charge < -0.3 is 9.84 Å². The molecule has 2 heteroatoms. The molecule has 29 heavy (non-hydrogen) atoms. The molecule has 5 rings (SSSR count). The van der Waals surface area contributed by atoms with Gasteiger partial charge in [0, 0.05) is 0 Å². The van der Waals surface area contributed by atoms with E-state index in [2.05, 4.69) is 40.7 Å². The maximum Gasteiger partial charge on any atom is 0.0892 e. The Kier molecular flexibility index (Phi) is 4.84. The Balaban J connectivity index is 1.30. The number of allylic oxidation sites excluding steroid dienone is 1. The summed E-state index contributed by atoms with van der Waals surface area (Å²) in [6.45, 7) is 12.3. The van der Waals surface area contributed by atoms with Crippen molar-refractivity contribution in [2.24, 2.45) is 40.4 Å². The summed E-state index contributed by atoms with van der Waals surface area (Å²) in [5.41, 5.74) is 2.68. The lowest BCUT2D eigenvalue weighted by Crippen LogP contribution is -2.50. The number of hydrogen-bond acceptors (Lipinski definition) is 2. The Hall–Kier alpha value is -0.340. The number of ether oxygens (including phenoxy) is 1. The van der Waals surface area contributed by atoms with Gasteiger partial charge in [0.1, 0.15) is 0 Å². The standard InChI is InChI=1S/C27H44O2/c1-17(6-11-24-25(2,3)29-24)21-9-10-22-20-8-7-18-16-19(28)12-14-26(18,4)23(20)13-15-27(21,22)5/h7,17,19-24,28H,6,8-16H2,1-5H3/t17-,19?,20?,21?,22?,23?,24?,26?,27?/m1/s1. The molecular weight excluding hydrogens is 356 g/mol. The smallest absolute Gasteiger partial charge is 0.0892 e. The van der Waals surface area contributed by atoms with Gasteiger partial charge in [0.15, 0.2) is 0 Å². The summed E-state index contributed by atoms with van der Waals surface area (Å²) in [5, 5.41) is 10.2. The molecule has 5 aliphatic rings. The molecule has 1 aliphatic heterocycles. The molecule has 2 nitrogen and oxygen atoms in total. The zero-order chi connectivity index (χ0) is 20.6. The second-order valence-electron chi connectivity index (χ2n) is 12.6. The number of hydrogen-bond donors (Lipinski definition) is 1. The van der Waals surface area contributed by atoms with Crippen LogP contribution in [-0.4, -0.2) is 22.9 Å². The molecule has 1 saturated heterocycles. The van der Waals surface area contributed by atoms with E-state index in [1.54, 1.807) is 5.57 Å². The van der Waals surface area contributed by atoms with E-state index < -0.39 is 0 Å². The minimum absolute atomic E-state index is 0.0862. The van der Waals surface area contributed by atoms with E-state index in [0.29, 0.717) is 16.9 Å². The topological polar surface area (TPSA) is 32.8 Å². The van der Waals surface area contributed by atoms with E-state index in [1.165, 1.54) is 51.4 Å². The van der Waals surface area contributed by atoms with Crippen molar-refractivity contribution < 1.29 is 9.84 Å². The SMILES string of the molecule is C[C@H](CCC1OC1(C)C)C1CCC2C3CC=C4CC(O)CCC4(C)C3CCC21C. The van der Waals surface area contributed by atoms with E-state index in [-0.39, 0.29) is 11.7 Å². The third-order valence-electron chi connectivity index (χ3n) is 10.9. The summed E-state index contributed by atoms with van der Waals surface area (Å²) in [6, 6.07) is 0. The van der Waals surface area contributed by atoms with E-state index in [9.17, 15) is 5.11 Å². The van der Waals surface area contributed by atoms with Crippen molar-refractivity contribution in [2.75, 3.05) is 0 Å². The van der Waals surface area contributed by atoms with Crippen molar-refractivity contribution in [3.8, 4) is 0 Å². The maximum absolute atomic E-state index is 10.2. The third kappa shape index (κ3) is 3.18. The fourth-order valence-corrected chi connectivity index (χ4v) is 8.97. The summed E-state index contributed by atoms with van der Waals surface area (Å²) in [4.78, 5) is 0. The molecule has 4 fully saturated rings. The molecule has 0 radical (unpaired) electrons. The minimum atomic E-state index is -0.0862. The summed E-state index contributed by atoms with van der Waals surface area (Å²) >= 11 is 0. The first-order chi connectivity index (χ1) is 13.6. The highest BCUT2D eigenvalue weighted by Crippen LogP contribution is 2.67. The van der Waals surface area contributed by atoms with Gasteiger partial charge in [-0.3, -0.25) is 0 Å². The fourth-order valence-electron chi connectivity index (χ4n) is 8.97. The predicted octanol–water partition coefficient (Wildman–Crippen LogP) is 6.52. The minimum Gasteiger partial charge on any atom is -0.393 e. The van der Waals surface area contributed by atoms with E-state index in [0.717, 1.165) is 42.4 Å². The molecule has 0 spiro atoms. The van der Waals surface area contributed by atoms with Gasteiger partial charge in [-0.1, -0.05) is 32.4 Å². The van der Waals surface area contributed by atoms with Crippen molar-refractivity contribution in [1.29, 1.82) is 0 Å². The van der Waals surface area contributed by atoms with Crippen molar-refractivity contribution in [3.63, 3.8) is 0 Å². The average molecular weight is 401 g/mol. The Bertz CT molecular complexity index is 680. The molecule has 4 aliphatic carbocycles. The van der Waals surface area contributed by atoms with Gasteiger partial charge in [-0.05, 0) is 118 Å². The number of fused-ring (bicyclic) bond motifs is 5. The molecule has 1 heterocycles. The van der Waals surface area contributed by atoms with Crippen molar-refractivity contribution in [3.05, 3.63) is 11.6 Å². The second-order valence-corrected chi connectivity index (χ2v) is 12.6. The maximum atomic E-state index is 10.2. The van der Waals surface area contributed by atoms with E-state index in [4.69, 9.17) is 4.74 Å². The molecule has 8 unspecified atom stereocenters. The zero-order valence-electron chi connectivity index (χ0n) is 19.5. The molecule has 0 amide bonds. The summed E-state index contributed by atoms with van der Waals surface area (Å²) in [7, 11) is 0. The van der Waals surface area contributed by atoms with Gasteiger partial charge >= 0.3 is 0 Å². The molecule has 1 N–H and O–H groups in total. The first kappa shape index (κ1) is 20.6. The van der Waals surface area contributed by atoms with Crippen LogP contribution in [0.25, 0.3) is 0 Å². The highest BCUT2D eigenvalue weighted by atomic mass is 16.6. The molecule has 0 aromatic heterocycles. The third-order valence-corrected chi connectivity index (χ3v) is 10.9. The fraction of sp³-hybridized carbons (Fsp3) is 0.926. The number of aliphatic hydroxyl groups is 1. The van der Waals surface area contributed by atoms with Crippen LogP contribution in [-0.2, 0) is 4.74 Å². The Morgan fingerprint density at radius 2 is 1.83 bits per heavy atom. The lowest BCUT2D eigenvalue weighted by Gasteiger charge is -2.58. The lowest BCUT2D eigenvalue weighted by molar-refractivity contribution is -0.0573. The summed E-state index contributed by atoms with van der Waals surface area (Å²) < 4.78 is 5.86. The Morgan fingerprint density at radius 1 is 1.07 bits per heavy atom. The van der Waals surface area contributed by atoms with Crippen LogP contribution in [0.1, 0.15) is 98.8 Å². The van der Waals surface area contributed by atoms with Crippen LogP contribution < -0.4 is 0 Å². The lowest BCUT2D eigenvalue weighted by atomic mass is 9.47. The van der Waals surface area contributed by atoms with E-state index >= 15 is 0 Å². The van der Waals surface area contributed by atoms with Gasteiger partial charge in [-0.25, -0.2) is 0 Å². The van der Waals surface area contributed by atoms with Crippen LogP contribution in [0.5, 0.6) is 0 Å². The van der Waals surface area contributed by atoms with Gasteiger partial charge in [-0.2, -0.15) is 0 Å². The summed E-state index contributed by atoms with van der Waals surface area (Å²) in [5.74, 6) is 4.41. The largest absolute Gasteiger partial charge is 0.393 e. The van der Waals surface area contributed by atoms with Crippen LogP contribution in [0.4, 0.5) is 0 Å². The van der Waals surface area contributed by atoms with Crippen molar-refractivity contribution in [1.82, 2.24) is 0 Å². The number of rotatable bonds is 4. The Morgan fingerprint density at radius 3 is 2.55 bits per heavy atom. The normalized spacial score (nSPS) is 51.4. The predicted molar refractivity (Wildman–Crippen MR) is 119 cm³/mol. The highest BCUT2D eigenvalue weighted by Gasteiger charge is 2.59. The van der Waals surface area contributed by atoms with Gasteiger partial charge in [-0.15, -0.1) is 0 Å². The summed E-state index contributed by atoms with van der Waals surface area (Å²) in [6.07, 6.45) is 15.8. The number of epoxide rings is 1. The molecule has 9 atom stereocenters. The quantitative estimate of drug-likeness (QED) is 0.430. The van der Waals surface area contributed by atoms with Crippen LogP contribution >= 0.6 is 0 Å². The van der Waals surface area contributed by atoms with Crippen molar-refractivity contribution >= 4 is 0 Å². The molecule has 0 aromatic carbocycles. The zero-order valence-corrected chi connectivity index (χ0v) is 19.5. The van der Waals surface area contributed by atoms with Crippen LogP contribution in [0.3, 0.4) is 0 Å². The van der Waals surface area contributed by atoms with Gasteiger partial charge in [0.25, 0.3) is 0 Å². The van der Waals surface area contributed by atoms with E-state index in [1.807, 2.05) is 0 Å². The molecule has 0 bridgehead atoms. The average Bonchev–Trinajstić information content (AvgIpc) is 3.11. The second kappa shape index (κ2) is 6.83. The highest BCUT2D eigenvalue weighted by molar-refractivity contribution is 5.25. The monoisotopic (exact) mass is 400 g/mol. The first-order valence-corrected chi connectivity index (χ1v) is 12.7. The molecule has 3 saturated carbocycles. The van der Waals surface area contributed by atoms with Crippen LogP contribution in [0.15, 0.2) is 11.6 Å². The van der Waals surface area contributed by atoms with Gasteiger partial charge in [0.05, 0.1) is 17.8 Å². The van der Waals surface area contributed by atoms with Gasteiger partial charge in [0.2, 0.25) is 0 Å². The Labute approximate surface area is 178 Å². The first-order valence-electron chi connectivity index (χ1n) is 12.7. The molecule has 164 valence electrons. The number of aliphatic hydroxyl groups excluding tert-OH is 1. The van der Waals surface area contributed by atoms with Crippen LogP contribution in [0, 0.1) is 40.4 Å².